The molecule has 15 heavy (non-hydrogen) atoms. The number of rotatable bonds is 0. The number of nitrogens with two attached hydrogens (primary N) is 1. The van der Waals surface area contributed by atoms with Crippen LogP contribution in [0, 0.1) is 0 Å². The van der Waals surface area contributed by atoms with E-state index in [0.29, 0.717) is 0 Å². The molecule has 1 atom stereocenters. The summed E-state index contributed by atoms with van der Waals surface area (Å²) >= 11 is 0. The van der Waals surface area contributed by atoms with Gasteiger partial charge in [0, 0.05) is 12.0 Å². The summed E-state index contributed by atoms with van der Waals surface area (Å²) in [4.78, 5) is 0. The van der Waals surface area contributed by atoms with Gasteiger partial charge in [0.05, 0.1) is 0 Å². The average Bonchev–Trinajstić information content (AvgIpc) is 2.28. The predicted octanol–water partition coefficient (Wildman–Crippen LogP) is 2.45. The van der Waals surface area contributed by atoms with Crippen molar-refractivity contribution in [3.8, 4) is 5.75 Å². The summed E-state index contributed by atoms with van der Waals surface area (Å²) in [7, 11) is 0. The SMILES string of the molecule is NC1CCc2c(ccc3ccccc23)O1. The average molecular weight is 199 g/mol. The number of aryl methyl sites for hydroxylation is 1. The van der Waals surface area contributed by atoms with Crippen LogP contribution < -0.4 is 10.5 Å². The third kappa shape index (κ3) is 1.38. The smallest absolute Gasteiger partial charge is 0.148 e. The van der Waals surface area contributed by atoms with E-state index in [1.165, 1.54) is 16.3 Å². The highest BCUT2D eigenvalue weighted by Gasteiger charge is 2.17. The summed E-state index contributed by atoms with van der Waals surface area (Å²) in [6.07, 6.45) is 1.78. The molecule has 1 unspecified atom stereocenters. The van der Waals surface area contributed by atoms with Crippen LogP contribution in [-0.4, -0.2) is 6.23 Å². The minimum absolute atomic E-state index is 0.140. The molecule has 3 rings (SSSR count). The topological polar surface area (TPSA) is 35.2 Å². The minimum atomic E-state index is -0.140. The minimum Gasteiger partial charge on any atom is -0.475 e. The summed E-state index contributed by atoms with van der Waals surface area (Å²) < 4.78 is 5.62. The Labute approximate surface area is 88.7 Å². The fourth-order valence-corrected chi connectivity index (χ4v) is 2.19. The Hall–Kier alpha value is -1.54. The zero-order valence-corrected chi connectivity index (χ0v) is 8.44. The van der Waals surface area contributed by atoms with Crippen molar-refractivity contribution in [2.75, 3.05) is 0 Å². The maximum absolute atomic E-state index is 5.77. The molecule has 2 aromatic rings. The first-order valence-electron chi connectivity index (χ1n) is 5.27. The number of hydrogen-bond acceptors (Lipinski definition) is 2. The molecule has 0 spiro atoms. The van der Waals surface area contributed by atoms with E-state index in [-0.39, 0.29) is 6.23 Å². The lowest BCUT2D eigenvalue weighted by atomic mass is 9.98. The molecule has 2 nitrogen and oxygen atoms in total. The standard InChI is InChI=1S/C13H13NO/c14-13-8-6-11-10-4-2-1-3-9(10)5-7-12(11)15-13/h1-5,7,13H,6,8,14H2. The van der Waals surface area contributed by atoms with Crippen molar-refractivity contribution in [3.05, 3.63) is 42.0 Å². The molecule has 0 aliphatic carbocycles. The van der Waals surface area contributed by atoms with Gasteiger partial charge in [-0.05, 0) is 23.3 Å². The van der Waals surface area contributed by atoms with Crippen LogP contribution in [0.2, 0.25) is 0 Å². The summed E-state index contributed by atoms with van der Waals surface area (Å²) in [6, 6.07) is 12.5. The van der Waals surface area contributed by atoms with Gasteiger partial charge < -0.3 is 4.74 Å². The Bertz CT molecular complexity index is 507. The molecule has 2 N–H and O–H groups in total. The number of hydrogen-bond donors (Lipinski definition) is 1. The van der Waals surface area contributed by atoms with Gasteiger partial charge in [0.2, 0.25) is 0 Å². The molecule has 0 amide bonds. The quantitative estimate of drug-likeness (QED) is 0.707. The zero-order chi connectivity index (χ0) is 10.3. The van der Waals surface area contributed by atoms with Crippen LogP contribution in [-0.2, 0) is 6.42 Å². The Morgan fingerprint density at radius 2 is 2.00 bits per heavy atom. The van der Waals surface area contributed by atoms with Gasteiger partial charge in [0.15, 0.2) is 0 Å². The number of benzene rings is 2. The summed E-state index contributed by atoms with van der Waals surface area (Å²) in [5.74, 6) is 0.951. The Kier molecular flexibility index (Phi) is 1.89. The second kappa shape index (κ2) is 3.24. The fourth-order valence-electron chi connectivity index (χ4n) is 2.19. The maximum atomic E-state index is 5.77. The van der Waals surface area contributed by atoms with Gasteiger partial charge in [-0.25, -0.2) is 0 Å². The van der Waals surface area contributed by atoms with Crippen molar-refractivity contribution >= 4 is 10.8 Å². The molecule has 0 saturated carbocycles. The first kappa shape index (κ1) is 8.74. The molecule has 2 aromatic carbocycles. The molecule has 0 radical (unpaired) electrons. The van der Waals surface area contributed by atoms with Crippen LogP contribution in [0.3, 0.4) is 0 Å². The lowest BCUT2D eigenvalue weighted by Crippen LogP contribution is -2.31. The van der Waals surface area contributed by atoms with Crippen LogP contribution >= 0.6 is 0 Å². The monoisotopic (exact) mass is 199 g/mol. The van der Waals surface area contributed by atoms with E-state index in [4.69, 9.17) is 10.5 Å². The summed E-state index contributed by atoms with van der Waals surface area (Å²) in [6.45, 7) is 0. The van der Waals surface area contributed by atoms with E-state index in [9.17, 15) is 0 Å². The van der Waals surface area contributed by atoms with E-state index < -0.39 is 0 Å². The van der Waals surface area contributed by atoms with Crippen LogP contribution in [0.1, 0.15) is 12.0 Å². The maximum Gasteiger partial charge on any atom is 0.148 e. The summed E-state index contributed by atoms with van der Waals surface area (Å²) in [5.41, 5.74) is 7.07. The van der Waals surface area contributed by atoms with Gasteiger partial charge in [0.25, 0.3) is 0 Å². The fraction of sp³-hybridized carbons (Fsp3) is 0.231. The van der Waals surface area contributed by atoms with Crippen LogP contribution in [0.25, 0.3) is 10.8 Å². The highest BCUT2D eigenvalue weighted by Crippen LogP contribution is 2.32. The van der Waals surface area contributed by atoms with E-state index >= 15 is 0 Å². The van der Waals surface area contributed by atoms with Crippen molar-refractivity contribution in [3.63, 3.8) is 0 Å². The second-order valence-electron chi connectivity index (χ2n) is 3.96. The number of fused-ring (bicyclic) bond motifs is 3. The number of ether oxygens (including phenoxy) is 1. The highest BCUT2D eigenvalue weighted by molar-refractivity contribution is 5.87. The van der Waals surface area contributed by atoms with Crippen LogP contribution in [0.5, 0.6) is 5.75 Å². The molecule has 2 heteroatoms. The Morgan fingerprint density at radius 1 is 1.13 bits per heavy atom. The van der Waals surface area contributed by atoms with Crippen molar-refractivity contribution in [1.29, 1.82) is 0 Å². The second-order valence-corrected chi connectivity index (χ2v) is 3.96. The zero-order valence-electron chi connectivity index (χ0n) is 8.44. The van der Waals surface area contributed by atoms with E-state index in [2.05, 4.69) is 30.3 Å². The van der Waals surface area contributed by atoms with Crippen molar-refractivity contribution < 1.29 is 4.74 Å². The van der Waals surface area contributed by atoms with Gasteiger partial charge in [-0.1, -0.05) is 30.3 Å². The lowest BCUT2D eigenvalue weighted by Gasteiger charge is -2.24. The molecule has 0 fully saturated rings. The molecule has 0 bridgehead atoms. The first-order valence-corrected chi connectivity index (χ1v) is 5.27. The van der Waals surface area contributed by atoms with E-state index in [1.807, 2.05) is 6.07 Å². The third-order valence-electron chi connectivity index (χ3n) is 2.95. The van der Waals surface area contributed by atoms with Gasteiger partial charge in [0.1, 0.15) is 12.0 Å². The normalized spacial score (nSPS) is 19.7. The molecule has 1 heterocycles. The van der Waals surface area contributed by atoms with Crippen molar-refractivity contribution in [2.24, 2.45) is 5.73 Å². The van der Waals surface area contributed by atoms with Gasteiger partial charge >= 0.3 is 0 Å². The summed E-state index contributed by atoms with van der Waals surface area (Å²) in [5, 5.41) is 2.57. The molecule has 1 aliphatic heterocycles. The highest BCUT2D eigenvalue weighted by atomic mass is 16.5. The van der Waals surface area contributed by atoms with Gasteiger partial charge in [-0.15, -0.1) is 0 Å². The largest absolute Gasteiger partial charge is 0.475 e. The van der Waals surface area contributed by atoms with Gasteiger partial charge in [-0.2, -0.15) is 0 Å². The third-order valence-corrected chi connectivity index (χ3v) is 2.95. The van der Waals surface area contributed by atoms with Crippen LogP contribution in [0.15, 0.2) is 36.4 Å². The Morgan fingerprint density at radius 3 is 2.93 bits per heavy atom. The van der Waals surface area contributed by atoms with Crippen LogP contribution in [0.4, 0.5) is 0 Å². The molecular weight excluding hydrogens is 186 g/mol. The van der Waals surface area contributed by atoms with Gasteiger partial charge in [-0.3, -0.25) is 5.73 Å². The predicted molar refractivity (Wildman–Crippen MR) is 60.9 cm³/mol. The Balaban J connectivity index is 2.25. The lowest BCUT2D eigenvalue weighted by molar-refractivity contribution is 0.181. The van der Waals surface area contributed by atoms with E-state index in [0.717, 1.165) is 18.6 Å². The molecular formula is C13H13NO. The van der Waals surface area contributed by atoms with Crippen molar-refractivity contribution in [1.82, 2.24) is 0 Å². The molecule has 0 aromatic heterocycles. The molecule has 1 aliphatic rings. The molecule has 0 saturated heterocycles. The molecule has 76 valence electrons. The van der Waals surface area contributed by atoms with Crippen molar-refractivity contribution in [2.45, 2.75) is 19.1 Å². The first-order chi connectivity index (χ1) is 7.34. The van der Waals surface area contributed by atoms with E-state index in [1.54, 1.807) is 0 Å².